The maximum Gasteiger partial charge on any atom is 0.168 e. The van der Waals surface area contributed by atoms with E-state index >= 15 is 0 Å². The molecule has 0 atom stereocenters. The maximum atomic E-state index is 10.2. The van der Waals surface area contributed by atoms with Crippen LogP contribution in [0.4, 0.5) is 0 Å². The van der Waals surface area contributed by atoms with Gasteiger partial charge in [0.1, 0.15) is 17.0 Å². The molecule has 6 rings (SSSR count). The van der Waals surface area contributed by atoms with Crippen LogP contribution in [0.1, 0.15) is 62.9 Å². The van der Waals surface area contributed by atoms with Crippen molar-refractivity contribution in [2.45, 2.75) is 57.1 Å². The van der Waals surface area contributed by atoms with Gasteiger partial charge in [-0.2, -0.15) is 5.10 Å². The molecule has 4 aromatic heterocycles. The average Bonchev–Trinajstić information content (AvgIpc) is 3.45. The lowest BCUT2D eigenvalue weighted by molar-refractivity contribution is 0.0739. The van der Waals surface area contributed by atoms with Gasteiger partial charge >= 0.3 is 0 Å². The molecule has 1 aliphatic heterocycles. The third-order valence-corrected chi connectivity index (χ3v) is 7.71. The Morgan fingerprint density at radius 3 is 2.62 bits per heavy atom. The zero-order valence-electron chi connectivity index (χ0n) is 19.4. The van der Waals surface area contributed by atoms with E-state index < -0.39 is 5.60 Å². The first kappa shape index (κ1) is 21.7. The zero-order chi connectivity index (χ0) is 23.3. The van der Waals surface area contributed by atoms with Crippen LogP contribution in [-0.4, -0.2) is 38.1 Å². The van der Waals surface area contributed by atoms with Gasteiger partial charge in [-0.05, 0) is 51.7 Å². The molecule has 0 bridgehead atoms. The van der Waals surface area contributed by atoms with Crippen LogP contribution in [0.5, 0.6) is 11.5 Å². The summed E-state index contributed by atoms with van der Waals surface area (Å²) in [5.41, 5.74) is 2.61. The molecule has 7 nitrogen and oxygen atoms in total. The summed E-state index contributed by atoms with van der Waals surface area (Å²) < 4.78 is 15.2. The van der Waals surface area contributed by atoms with Crippen molar-refractivity contribution in [2.75, 3.05) is 13.2 Å². The largest absolute Gasteiger partial charge is 0.452 e. The molecule has 34 heavy (non-hydrogen) atoms. The van der Waals surface area contributed by atoms with Gasteiger partial charge in [0, 0.05) is 48.0 Å². The first-order chi connectivity index (χ1) is 16.5. The Morgan fingerprint density at radius 2 is 1.91 bits per heavy atom. The molecule has 1 aliphatic carbocycles. The molecule has 1 N–H and O–H groups in total. The molecule has 0 radical (unpaired) electrons. The Kier molecular flexibility index (Phi) is 5.39. The molecule has 0 amide bonds. The number of thiophene rings is 1. The molecule has 2 fully saturated rings. The molecule has 4 aromatic rings. The highest BCUT2D eigenvalue weighted by Crippen LogP contribution is 2.43. The molecule has 0 unspecified atom stereocenters. The lowest BCUT2D eigenvalue weighted by atomic mass is 9.96. The van der Waals surface area contributed by atoms with E-state index in [2.05, 4.69) is 26.9 Å². The van der Waals surface area contributed by atoms with Crippen LogP contribution in [0, 0.1) is 0 Å². The summed E-state index contributed by atoms with van der Waals surface area (Å²) in [6, 6.07) is 8.37. The predicted molar refractivity (Wildman–Crippen MR) is 131 cm³/mol. The second-order valence-corrected chi connectivity index (χ2v) is 10.8. The van der Waals surface area contributed by atoms with Gasteiger partial charge < -0.3 is 14.6 Å². The number of hydrogen-bond donors (Lipinski definition) is 1. The smallest absolute Gasteiger partial charge is 0.168 e. The molecular formula is C26H28N4O3S. The van der Waals surface area contributed by atoms with Crippen LogP contribution in [-0.2, 0) is 10.3 Å². The van der Waals surface area contributed by atoms with Gasteiger partial charge in [-0.1, -0.05) is 6.07 Å². The van der Waals surface area contributed by atoms with Crippen LogP contribution < -0.4 is 4.74 Å². The molecule has 0 spiro atoms. The van der Waals surface area contributed by atoms with Crippen molar-refractivity contribution in [2.24, 2.45) is 0 Å². The fraction of sp³-hybridized carbons (Fsp3) is 0.423. The van der Waals surface area contributed by atoms with Gasteiger partial charge in [0.15, 0.2) is 5.75 Å². The Hall–Kier alpha value is -2.81. The predicted octanol–water partition coefficient (Wildman–Crippen LogP) is 5.80. The summed E-state index contributed by atoms with van der Waals surface area (Å²) in [6.07, 6.45) is 9.99. The van der Waals surface area contributed by atoms with Crippen molar-refractivity contribution in [3.63, 3.8) is 0 Å². The number of aromatic nitrogens is 4. The first-order valence-electron chi connectivity index (χ1n) is 11.9. The summed E-state index contributed by atoms with van der Waals surface area (Å²) in [7, 11) is 0. The number of hydrogen-bond acceptors (Lipinski definition) is 7. The van der Waals surface area contributed by atoms with Crippen molar-refractivity contribution in [3.8, 4) is 21.9 Å². The van der Waals surface area contributed by atoms with Gasteiger partial charge in [0.05, 0.1) is 28.1 Å². The Morgan fingerprint density at radius 1 is 1.09 bits per heavy atom. The van der Waals surface area contributed by atoms with Gasteiger partial charge in [0.2, 0.25) is 0 Å². The van der Waals surface area contributed by atoms with E-state index in [1.54, 1.807) is 31.4 Å². The number of nitrogens with zero attached hydrogens (tertiary/aromatic N) is 4. The fourth-order valence-corrected chi connectivity index (χ4v) is 5.46. The van der Waals surface area contributed by atoms with E-state index in [4.69, 9.17) is 14.6 Å². The second kappa shape index (κ2) is 8.45. The fourth-order valence-electron chi connectivity index (χ4n) is 4.40. The average molecular weight is 477 g/mol. The Bertz CT molecular complexity index is 1310. The molecule has 1 saturated heterocycles. The van der Waals surface area contributed by atoms with Crippen molar-refractivity contribution in [1.29, 1.82) is 0 Å². The summed E-state index contributed by atoms with van der Waals surface area (Å²) in [5.74, 6) is 2.00. The van der Waals surface area contributed by atoms with Gasteiger partial charge in [-0.25, -0.2) is 0 Å². The van der Waals surface area contributed by atoms with E-state index in [1.807, 2.05) is 24.4 Å². The van der Waals surface area contributed by atoms with Crippen LogP contribution in [0.15, 0.2) is 42.9 Å². The highest BCUT2D eigenvalue weighted by molar-refractivity contribution is 7.22. The molecule has 176 valence electrons. The minimum atomic E-state index is -0.964. The summed E-state index contributed by atoms with van der Waals surface area (Å²) in [6.45, 7) is 5.02. The third-order valence-electron chi connectivity index (χ3n) is 6.52. The summed E-state index contributed by atoms with van der Waals surface area (Å²) >= 11 is 1.64. The molecule has 5 heterocycles. The van der Waals surface area contributed by atoms with Gasteiger partial charge in [-0.15, -0.1) is 11.3 Å². The van der Waals surface area contributed by atoms with Crippen LogP contribution in [0.2, 0.25) is 0 Å². The monoisotopic (exact) mass is 476 g/mol. The third kappa shape index (κ3) is 4.21. The topological polar surface area (TPSA) is 82.3 Å². The molecule has 8 heteroatoms. The van der Waals surface area contributed by atoms with Crippen molar-refractivity contribution >= 4 is 21.6 Å². The summed E-state index contributed by atoms with van der Waals surface area (Å²) in [4.78, 5) is 10.1. The standard InChI is InChI=1S/C26H28N4O3S/c1-26(2,31)23-6-3-17(14-28-23)22-13-19-25(34-22)20(7-10-27-19)33-21-15-30(18-4-5-18)29-24(21)16-8-11-32-12-9-16/h3,6-7,10,13-16,18,31H,4-5,8-9,11-12H2,1-2H3. The number of rotatable bonds is 6. The van der Waals surface area contributed by atoms with E-state index in [0.29, 0.717) is 17.7 Å². The Labute approximate surface area is 202 Å². The lowest BCUT2D eigenvalue weighted by Gasteiger charge is -2.21. The summed E-state index contributed by atoms with van der Waals surface area (Å²) in [5, 5.41) is 15.1. The van der Waals surface area contributed by atoms with Gasteiger partial charge in [0.25, 0.3) is 0 Å². The van der Waals surface area contributed by atoms with Crippen LogP contribution >= 0.6 is 11.3 Å². The van der Waals surface area contributed by atoms with Crippen molar-refractivity contribution < 1.29 is 14.6 Å². The molecular weight excluding hydrogens is 448 g/mol. The van der Waals surface area contributed by atoms with E-state index in [1.165, 1.54) is 12.8 Å². The van der Waals surface area contributed by atoms with Crippen LogP contribution in [0.3, 0.4) is 0 Å². The normalized spacial score (nSPS) is 17.4. The quantitative estimate of drug-likeness (QED) is 0.379. The first-order valence-corrected chi connectivity index (χ1v) is 12.7. The molecule has 0 aromatic carbocycles. The second-order valence-electron chi connectivity index (χ2n) is 9.70. The number of ether oxygens (including phenoxy) is 2. The minimum absolute atomic E-state index is 0.361. The SMILES string of the molecule is CC(C)(O)c1ccc(-c2cc3nccc(Oc4cn(C5CC5)nc4C4CCOCC4)c3s2)cn1. The van der Waals surface area contributed by atoms with Crippen molar-refractivity contribution in [1.82, 2.24) is 19.7 Å². The van der Waals surface area contributed by atoms with Crippen LogP contribution in [0.25, 0.3) is 20.7 Å². The zero-order valence-corrected chi connectivity index (χ0v) is 20.2. The van der Waals surface area contributed by atoms with E-state index in [-0.39, 0.29) is 0 Å². The molecule has 1 saturated carbocycles. The Balaban J connectivity index is 1.34. The highest BCUT2D eigenvalue weighted by atomic mass is 32.1. The number of pyridine rings is 2. The highest BCUT2D eigenvalue weighted by Gasteiger charge is 2.30. The van der Waals surface area contributed by atoms with Gasteiger partial charge in [-0.3, -0.25) is 14.6 Å². The number of aliphatic hydroxyl groups is 1. The van der Waals surface area contributed by atoms with E-state index in [9.17, 15) is 5.11 Å². The minimum Gasteiger partial charge on any atom is -0.452 e. The molecule has 2 aliphatic rings. The van der Waals surface area contributed by atoms with E-state index in [0.717, 1.165) is 63.9 Å². The maximum absolute atomic E-state index is 10.2. The number of fused-ring (bicyclic) bond motifs is 1. The van der Waals surface area contributed by atoms with Crippen molar-refractivity contribution in [3.05, 3.63) is 54.2 Å². The lowest BCUT2D eigenvalue weighted by Crippen LogP contribution is -2.17.